The van der Waals surface area contributed by atoms with E-state index in [0.29, 0.717) is 12.5 Å². The Hall–Kier alpha value is -0.940. The molecule has 5 heteroatoms. The first-order valence-corrected chi connectivity index (χ1v) is 7.58. The van der Waals surface area contributed by atoms with Gasteiger partial charge in [-0.05, 0) is 25.7 Å². The van der Waals surface area contributed by atoms with Gasteiger partial charge in [-0.1, -0.05) is 12.8 Å². The topological polar surface area (TPSA) is 68.0 Å². The van der Waals surface area contributed by atoms with E-state index in [4.69, 9.17) is 5.73 Å². The molecular weight excluding hydrogens is 246 g/mol. The Bertz CT molecular complexity index is 447. The summed E-state index contributed by atoms with van der Waals surface area (Å²) in [6.07, 6.45) is 6.52. The van der Waals surface area contributed by atoms with Crippen molar-refractivity contribution >= 4 is 22.4 Å². The monoisotopic (exact) mass is 265 g/mol. The Morgan fingerprint density at radius 1 is 1.50 bits per heavy atom. The third kappa shape index (κ3) is 2.17. The van der Waals surface area contributed by atoms with Crippen LogP contribution in [0.3, 0.4) is 0 Å². The highest BCUT2D eigenvalue weighted by Crippen LogP contribution is 2.42. The number of thiazole rings is 1. The number of hydrogen-bond donors (Lipinski definition) is 2. The van der Waals surface area contributed by atoms with Crippen LogP contribution in [-0.4, -0.2) is 17.4 Å². The van der Waals surface area contributed by atoms with Crippen molar-refractivity contribution in [2.45, 2.75) is 44.4 Å². The average Bonchev–Trinajstić information content (AvgIpc) is 2.93. The highest BCUT2D eigenvalue weighted by atomic mass is 32.1. The van der Waals surface area contributed by atoms with Crippen LogP contribution in [0.25, 0.3) is 0 Å². The Balaban J connectivity index is 1.68. The molecule has 0 saturated heterocycles. The van der Waals surface area contributed by atoms with Gasteiger partial charge in [0.2, 0.25) is 5.91 Å². The molecular formula is C13H19N3OS. The number of nitrogens with one attached hydrogen (secondary N) is 1. The molecule has 0 aromatic carbocycles. The summed E-state index contributed by atoms with van der Waals surface area (Å²) in [5, 5.41) is 5.77. The first-order chi connectivity index (χ1) is 8.73. The largest absolute Gasteiger partial charge is 0.329 e. The van der Waals surface area contributed by atoms with E-state index in [-0.39, 0.29) is 11.3 Å². The number of nitrogens with zero attached hydrogens (tertiary/aromatic N) is 1. The molecule has 1 amide bonds. The molecule has 0 spiro atoms. The van der Waals surface area contributed by atoms with E-state index < -0.39 is 0 Å². The molecule has 0 atom stereocenters. The number of amides is 1. The van der Waals surface area contributed by atoms with Crippen LogP contribution in [0, 0.1) is 5.41 Å². The van der Waals surface area contributed by atoms with Crippen molar-refractivity contribution < 1.29 is 4.79 Å². The molecule has 0 bridgehead atoms. The number of carbonyl (C=O) groups is 1. The Morgan fingerprint density at radius 3 is 2.83 bits per heavy atom. The lowest BCUT2D eigenvalue weighted by molar-refractivity contribution is -0.124. The fraction of sp³-hybridized carbons (Fsp3) is 0.692. The van der Waals surface area contributed by atoms with Crippen molar-refractivity contribution in [1.82, 2.24) is 4.98 Å². The minimum Gasteiger partial charge on any atom is -0.329 e. The molecule has 2 aliphatic rings. The minimum absolute atomic E-state index is 0.0687. The van der Waals surface area contributed by atoms with E-state index in [2.05, 4.69) is 15.7 Å². The van der Waals surface area contributed by atoms with Crippen LogP contribution in [0.4, 0.5) is 5.13 Å². The zero-order chi connectivity index (χ0) is 12.6. The van der Waals surface area contributed by atoms with Crippen molar-refractivity contribution in [1.29, 1.82) is 0 Å². The second kappa shape index (κ2) is 4.63. The van der Waals surface area contributed by atoms with Crippen molar-refractivity contribution in [2.24, 2.45) is 11.1 Å². The number of rotatable bonds is 4. The van der Waals surface area contributed by atoms with Gasteiger partial charge < -0.3 is 11.1 Å². The zero-order valence-electron chi connectivity index (χ0n) is 10.4. The van der Waals surface area contributed by atoms with Gasteiger partial charge in [0.15, 0.2) is 5.13 Å². The minimum atomic E-state index is -0.342. The van der Waals surface area contributed by atoms with Crippen LogP contribution in [-0.2, 0) is 4.79 Å². The zero-order valence-corrected chi connectivity index (χ0v) is 11.3. The van der Waals surface area contributed by atoms with Gasteiger partial charge in [-0.15, -0.1) is 11.3 Å². The van der Waals surface area contributed by atoms with E-state index >= 15 is 0 Å². The van der Waals surface area contributed by atoms with Gasteiger partial charge in [-0.25, -0.2) is 4.98 Å². The maximum Gasteiger partial charge on any atom is 0.233 e. The van der Waals surface area contributed by atoms with Crippen LogP contribution in [0.1, 0.15) is 50.1 Å². The van der Waals surface area contributed by atoms with Gasteiger partial charge in [-0.2, -0.15) is 0 Å². The van der Waals surface area contributed by atoms with Gasteiger partial charge in [0, 0.05) is 17.8 Å². The van der Waals surface area contributed by atoms with Crippen molar-refractivity contribution in [3.05, 3.63) is 11.1 Å². The van der Waals surface area contributed by atoms with Crippen LogP contribution >= 0.6 is 11.3 Å². The lowest BCUT2D eigenvalue weighted by atomic mass is 9.85. The summed E-state index contributed by atoms with van der Waals surface area (Å²) >= 11 is 1.53. The first kappa shape index (κ1) is 12.1. The van der Waals surface area contributed by atoms with Crippen LogP contribution in [0.2, 0.25) is 0 Å². The lowest BCUT2D eigenvalue weighted by Crippen LogP contribution is -2.40. The molecule has 1 aromatic rings. The van der Waals surface area contributed by atoms with Gasteiger partial charge in [0.05, 0.1) is 11.1 Å². The van der Waals surface area contributed by atoms with Gasteiger partial charge in [0.25, 0.3) is 0 Å². The van der Waals surface area contributed by atoms with Crippen LogP contribution in [0.15, 0.2) is 5.38 Å². The predicted molar refractivity (Wildman–Crippen MR) is 72.7 cm³/mol. The van der Waals surface area contributed by atoms with Crippen molar-refractivity contribution in [2.75, 3.05) is 11.9 Å². The van der Waals surface area contributed by atoms with Crippen LogP contribution < -0.4 is 11.1 Å². The fourth-order valence-electron chi connectivity index (χ4n) is 2.72. The summed E-state index contributed by atoms with van der Waals surface area (Å²) < 4.78 is 0. The standard InChI is InChI=1S/C13H19N3OS/c14-8-13(5-1-2-6-13)11(17)16-12-15-10(7-18-12)9-3-4-9/h7,9H,1-6,8,14H2,(H,15,16,17). The molecule has 4 nitrogen and oxygen atoms in total. The number of nitrogens with two attached hydrogens (primary N) is 1. The van der Waals surface area contributed by atoms with E-state index in [0.717, 1.165) is 36.5 Å². The number of aromatic nitrogens is 1. The van der Waals surface area contributed by atoms with E-state index in [1.807, 2.05) is 0 Å². The molecule has 98 valence electrons. The third-order valence-corrected chi connectivity index (χ3v) is 4.95. The summed E-state index contributed by atoms with van der Waals surface area (Å²) in [6.45, 7) is 0.444. The first-order valence-electron chi connectivity index (χ1n) is 6.70. The number of hydrogen-bond acceptors (Lipinski definition) is 4. The smallest absolute Gasteiger partial charge is 0.233 e. The summed E-state index contributed by atoms with van der Waals surface area (Å²) in [5.41, 5.74) is 6.61. The maximum atomic E-state index is 12.3. The lowest BCUT2D eigenvalue weighted by Gasteiger charge is -2.24. The third-order valence-electron chi connectivity index (χ3n) is 4.17. The summed E-state index contributed by atoms with van der Waals surface area (Å²) in [7, 11) is 0. The molecule has 3 rings (SSSR count). The molecule has 18 heavy (non-hydrogen) atoms. The summed E-state index contributed by atoms with van der Waals surface area (Å²) in [5.74, 6) is 0.709. The Kier molecular flexibility index (Phi) is 3.11. The molecule has 0 aliphatic heterocycles. The Morgan fingerprint density at radius 2 is 2.22 bits per heavy atom. The summed E-state index contributed by atoms with van der Waals surface area (Å²) in [6, 6.07) is 0. The highest BCUT2D eigenvalue weighted by molar-refractivity contribution is 7.13. The van der Waals surface area contributed by atoms with E-state index in [9.17, 15) is 4.79 Å². The number of carbonyl (C=O) groups excluding carboxylic acids is 1. The number of anilines is 1. The van der Waals surface area contributed by atoms with Crippen molar-refractivity contribution in [3.8, 4) is 0 Å². The second-order valence-electron chi connectivity index (χ2n) is 5.50. The average molecular weight is 265 g/mol. The van der Waals surface area contributed by atoms with Crippen LogP contribution in [0.5, 0.6) is 0 Å². The Labute approximate surface area is 111 Å². The molecule has 3 N–H and O–H groups in total. The molecule has 0 radical (unpaired) electrons. The van der Waals surface area contributed by atoms with Gasteiger partial charge >= 0.3 is 0 Å². The van der Waals surface area contributed by atoms with Gasteiger partial charge in [0.1, 0.15) is 0 Å². The highest BCUT2D eigenvalue weighted by Gasteiger charge is 2.40. The quantitative estimate of drug-likeness (QED) is 0.878. The summed E-state index contributed by atoms with van der Waals surface area (Å²) in [4.78, 5) is 16.8. The molecule has 1 heterocycles. The normalized spacial score (nSPS) is 22.1. The molecule has 2 aliphatic carbocycles. The second-order valence-corrected chi connectivity index (χ2v) is 6.36. The molecule has 2 saturated carbocycles. The molecule has 2 fully saturated rings. The predicted octanol–water partition coefficient (Wildman–Crippen LogP) is 2.48. The van der Waals surface area contributed by atoms with E-state index in [1.54, 1.807) is 0 Å². The maximum absolute atomic E-state index is 12.3. The molecule has 0 unspecified atom stereocenters. The molecule has 1 aromatic heterocycles. The van der Waals surface area contributed by atoms with E-state index in [1.165, 1.54) is 24.2 Å². The fourth-order valence-corrected chi connectivity index (χ4v) is 3.50. The van der Waals surface area contributed by atoms with Crippen molar-refractivity contribution in [3.63, 3.8) is 0 Å². The van der Waals surface area contributed by atoms with Gasteiger partial charge in [-0.3, -0.25) is 4.79 Å². The SMILES string of the molecule is NCC1(C(=O)Nc2nc(C3CC3)cs2)CCCC1.